The highest BCUT2D eigenvalue weighted by Crippen LogP contribution is 2.29. The second-order valence-electron chi connectivity index (χ2n) is 7.40. The molecular formula is C20H28N4OS. The van der Waals surface area contributed by atoms with Crippen LogP contribution in [0.5, 0.6) is 5.88 Å². The van der Waals surface area contributed by atoms with Gasteiger partial charge in [0, 0.05) is 42.7 Å². The third-order valence-corrected chi connectivity index (χ3v) is 5.77. The third-order valence-electron chi connectivity index (χ3n) is 4.53. The Morgan fingerprint density at radius 1 is 1.31 bits per heavy atom. The summed E-state index contributed by atoms with van der Waals surface area (Å²) in [5.74, 6) is 2.25. The zero-order valence-electron chi connectivity index (χ0n) is 15.8. The second-order valence-corrected chi connectivity index (χ2v) is 8.35. The molecule has 2 aromatic rings. The quantitative estimate of drug-likeness (QED) is 0.549. The lowest BCUT2D eigenvalue weighted by Crippen LogP contribution is -2.42. The van der Waals surface area contributed by atoms with Crippen LogP contribution in [0.3, 0.4) is 0 Å². The number of guanidine groups is 1. The Morgan fingerprint density at radius 2 is 2.15 bits per heavy atom. The molecule has 1 aliphatic carbocycles. The highest BCUT2D eigenvalue weighted by atomic mass is 32.1. The van der Waals surface area contributed by atoms with Gasteiger partial charge in [-0.3, -0.25) is 4.99 Å². The topological polar surface area (TPSA) is 58.5 Å². The zero-order chi connectivity index (χ0) is 18.4. The molecule has 0 atom stereocenters. The molecule has 1 fully saturated rings. The fraction of sp³-hybridized carbons (Fsp3) is 0.500. The molecule has 0 aliphatic heterocycles. The van der Waals surface area contributed by atoms with Crippen molar-refractivity contribution in [2.75, 3.05) is 20.2 Å². The first-order chi connectivity index (χ1) is 12.6. The van der Waals surface area contributed by atoms with Crippen molar-refractivity contribution in [3.63, 3.8) is 0 Å². The first-order valence-corrected chi connectivity index (χ1v) is 10.0. The van der Waals surface area contributed by atoms with Gasteiger partial charge < -0.3 is 15.4 Å². The summed E-state index contributed by atoms with van der Waals surface area (Å²) in [5, 5.41) is 8.88. The molecule has 0 radical (unpaired) electrons. The molecule has 140 valence electrons. The number of hydrogen-bond donors (Lipinski definition) is 2. The van der Waals surface area contributed by atoms with E-state index in [2.05, 4.69) is 52.0 Å². The van der Waals surface area contributed by atoms with Gasteiger partial charge in [-0.15, -0.1) is 11.3 Å². The molecule has 0 amide bonds. The molecule has 0 spiro atoms. The molecule has 26 heavy (non-hydrogen) atoms. The Bertz CT molecular complexity index is 706. The van der Waals surface area contributed by atoms with Crippen LogP contribution in [-0.2, 0) is 12.0 Å². The monoisotopic (exact) mass is 372 g/mol. The zero-order valence-corrected chi connectivity index (χ0v) is 16.6. The molecule has 1 aliphatic rings. The van der Waals surface area contributed by atoms with Gasteiger partial charge in [0.25, 0.3) is 0 Å². The average molecular weight is 373 g/mol. The van der Waals surface area contributed by atoms with Gasteiger partial charge in [-0.25, -0.2) is 4.98 Å². The summed E-state index contributed by atoms with van der Waals surface area (Å²) in [7, 11) is 1.79. The van der Waals surface area contributed by atoms with Crippen LogP contribution in [0, 0.1) is 5.92 Å². The molecule has 0 saturated heterocycles. The maximum Gasteiger partial charge on any atom is 0.213 e. The van der Waals surface area contributed by atoms with Gasteiger partial charge in [0.15, 0.2) is 5.96 Å². The maximum absolute atomic E-state index is 5.68. The van der Waals surface area contributed by atoms with E-state index in [0.29, 0.717) is 12.4 Å². The third kappa shape index (κ3) is 5.46. The van der Waals surface area contributed by atoms with E-state index in [1.165, 1.54) is 17.7 Å². The van der Waals surface area contributed by atoms with Crippen molar-refractivity contribution in [2.24, 2.45) is 10.9 Å². The van der Waals surface area contributed by atoms with E-state index in [1.54, 1.807) is 18.4 Å². The fourth-order valence-corrected chi connectivity index (χ4v) is 3.40. The number of aliphatic imine (C=N–C) groups is 1. The summed E-state index contributed by atoms with van der Waals surface area (Å²) in [5.41, 5.74) is 1.16. The van der Waals surface area contributed by atoms with Crippen molar-refractivity contribution in [3.8, 4) is 5.88 Å². The number of nitrogens with zero attached hydrogens (tertiary/aromatic N) is 2. The first-order valence-electron chi connectivity index (χ1n) is 9.13. The Balaban J connectivity index is 1.44. The molecule has 5 nitrogen and oxygen atoms in total. The largest absolute Gasteiger partial charge is 0.477 e. The Morgan fingerprint density at radius 3 is 2.77 bits per heavy atom. The smallest absolute Gasteiger partial charge is 0.213 e. The summed E-state index contributed by atoms with van der Waals surface area (Å²) in [4.78, 5) is 10.1. The lowest BCUT2D eigenvalue weighted by Gasteiger charge is -2.25. The van der Waals surface area contributed by atoms with Crippen molar-refractivity contribution in [1.29, 1.82) is 0 Å². The van der Waals surface area contributed by atoms with Gasteiger partial charge in [-0.1, -0.05) is 26.0 Å². The van der Waals surface area contributed by atoms with Crippen molar-refractivity contribution >= 4 is 17.3 Å². The average Bonchev–Trinajstić information content (AvgIpc) is 3.30. The number of rotatable bonds is 8. The Hall–Kier alpha value is -2.08. The predicted molar refractivity (Wildman–Crippen MR) is 108 cm³/mol. The van der Waals surface area contributed by atoms with E-state index in [4.69, 9.17) is 4.74 Å². The minimum Gasteiger partial charge on any atom is -0.477 e. The summed E-state index contributed by atoms with van der Waals surface area (Å²) in [6.45, 7) is 6.77. The summed E-state index contributed by atoms with van der Waals surface area (Å²) >= 11 is 1.79. The van der Waals surface area contributed by atoms with Crippen LogP contribution in [0.4, 0.5) is 0 Å². The number of aromatic nitrogens is 1. The van der Waals surface area contributed by atoms with Crippen LogP contribution in [0.15, 0.2) is 40.8 Å². The van der Waals surface area contributed by atoms with Gasteiger partial charge in [-0.05, 0) is 35.8 Å². The normalized spacial score (nSPS) is 15.0. The van der Waals surface area contributed by atoms with Gasteiger partial charge in [0.1, 0.15) is 0 Å². The van der Waals surface area contributed by atoms with Crippen molar-refractivity contribution in [2.45, 2.75) is 38.6 Å². The van der Waals surface area contributed by atoms with Crippen molar-refractivity contribution in [1.82, 2.24) is 15.6 Å². The molecular weight excluding hydrogens is 344 g/mol. The molecule has 2 N–H and O–H groups in total. The molecule has 1 saturated carbocycles. The molecule has 0 unspecified atom stereocenters. The predicted octanol–water partition coefficient (Wildman–Crippen LogP) is 3.57. The number of thiophene rings is 1. The SMILES string of the molecule is CN=C(NCc1ccc(OCC2CC2)nc1)NCC(C)(C)c1cccs1. The molecule has 0 bridgehead atoms. The van der Waals surface area contributed by atoms with E-state index < -0.39 is 0 Å². The summed E-state index contributed by atoms with van der Waals surface area (Å²) in [6, 6.07) is 8.27. The van der Waals surface area contributed by atoms with E-state index in [-0.39, 0.29) is 5.41 Å². The van der Waals surface area contributed by atoms with Crippen LogP contribution in [0.25, 0.3) is 0 Å². The minimum absolute atomic E-state index is 0.0634. The number of ether oxygens (including phenoxy) is 1. The standard InChI is InChI=1S/C20H28N4OS/c1-20(2,17-5-4-10-26-17)14-24-19(21-3)23-12-16-8-9-18(22-11-16)25-13-15-6-7-15/h4-5,8-11,15H,6-7,12-14H2,1-3H3,(H2,21,23,24). The van der Waals surface area contributed by atoms with E-state index in [9.17, 15) is 0 Å². The van der Waals surface area contributed by atoms with E-state index in [1.807, 2.05) is 18.3 Å². The Kier molecular flexibility index (Phi) is 6.14. The lowest BCUT2D eigenvalue weighted by molar-refractivity contribution is 0.288. The van der Waals surface area contributed by atoms with Crippen molar-refractivity contribution < 1.29 is 4.74 Å². The highest BCUT2D eigenvalue weighted by molar-refractivity contribution is 7.10. The maximum atomic E-state index is 5.68. The van der Waals surface area contributed by atoms with Crippen molar-refractivity contribution in [3.05, 3.63) is 46.3 Å². The summed E-state index contributed by atoms with van der Waals surface area (Å²) in [6.07, 6.45) is 4.44. The molecule has 2 aromatic heterocycles. The first kappa shape index (κ1) is 18.7. The summed E-state index contributed by atoms with van der Waals surface area (Å²) < 4.78 is 5.68. The van der Waals surface area contributed by atoms with Crippen LogP contribution in [0.2, 0.25) is 0 Å². The van der Waals surface area contributed by atoms with Crippen LogP contribution < -0.4 is 15.4 Å². The molecule has 0 aromatic carbocycles. The minimum atomic E-state index is 0.0634. The van der Waals surface area contributed by atoms with Gasteiger partial charge >= 0.3 is 0 Å². The molecule has 3 rings (SSSR count). The van der Waals surface area contributed by atoms with Gasteiger partial charge in [-0.2, -0.15) is 0 Å². The lowest BCUT2D eigenvalue weighted by atomic mass is 9.91. The molecule has 6 heteroatoms. The van der Waals surface area contributed by atoms with Gasteiger partial charge in [0.2, 0.25) is 5.88 Å². The van der Waals surface area contributed by atoms with E-state index in [0.717, 1.165) is 30.6 Å². The fourth-order valence-electron chi connectivity index (χ4n) is 2.55. The highest BCUT2D eigenvalue weighted by Gasteiger charge is 2.22. The van der Waals surface area contributed by atoms with E-state index >= 15 is 0 Å². The van der Waals surface area contributed by atoms with Crippen LogP contribution >= 0.6 is 11.3 Å². The number of hydrogen-bond acceptors (Lipinski definition) is 4. The number of pyridine rings is 1. The molecule has 2 heterocycles. The van der Waals surface area contributed by atoms with Gasteiger partial charge in [0.05, 0.1) is 6.61 Å². The Labute approximate surface area is 159 Å². The van der Waals surface area contributed by atoms with Crippen LogP contribution in [-0.4, -0.2) is 31.1 Å². The second kappa shape index (κ2) is 8.54. The van der Waals surface area contributed by atoms with Crippen LogP contribution in [0.1, 0.15) is 37.1 Å². The number of nitrogens with one attached hydrogen (secondary N) is 2.